The van der Waals surface area contributed by atoms with Gasteiger partial charge in [0.1, 0.15) is 0 Å². The molecule has 0 N–H and O–H groups in total. The van der Waals surface area contributed by atoms with Gasteiger partial charge in [0, 0.05) is 38.3 Å². The van der Waals surface area contributed by atoms with Gasteiger partial charge in [-0.25, -0.2) is 0 Å². The molecule has 0 fully saturated rings. The highest BCUT2D eigenvalue weighted by molar-refractivity contribution is 6.26. The lowest BCUT2D eigenvalue weighted by Crippen LogP contribution is -1.99. The van der Waals surface area contributed by atoms with Gasteiger partial charge < -0.3 is 9.13 Å². The second kappa shape index (κ2) is 12.2. The second-order valence-corrected chi connectivity index (χ2v) is 14.1. The molecule has 9 aromatic carbocycles. The topological polar surface area (TPSA) is 9.86 Å². The molecule has 0 aliphatic rings. The highest BCUT2D eigenvalue weighted by Gasteiger charge is 2.22. The SMILES string of the molecule is c1ccc(-c2cc(-c3ccccc3)cc(-c3ccc(-n4c5ccccc5c5ccc6c7ccc8ccccc8c7n(-c7ccccc7)c6c54)cc3)c2)cc1. The maximum Gasteiger partial charge on any atom is 0.0789 e. The van der Waals surface area contributed by atoms with E-state index in [0.717, 1.165) is 11.4 Å². The molecule has 0 saturated carbocycles. The zero-order chi connectivity index (χ0) is 35.6. The molecule has 252 valence electrons. The summed E-state index contributed by atoms with van der Waals surface area (Å²) in [6, 6.07) is 75.2. The van der Waals surface area contributed by atoms with Gasteiger partial charge in [0.2, 0.25) is 0 Å². The van der Waals surface area contributed by atoms with Gasteiger partial charge >= 0.3 is 0 Å². The Morgan fingerprint density at radius 3 is 1.33 bits per heavy atom. The van der Waals surface area contributed by atoms with Crippen LogP contribution in [0.5, 0.6) is 0 Å². The summed E-state index contributed by atoms with van der Waals surface area (Å²) in [5.74, 6) is 0. The summed E-state index contributed by atoms with van der Waals surface area (Å²) in [5, 5.41) is 7.49. The maximum absolute atomic E-state index is 2.50. The van der Waals surface area contributed by atoms with Crippen LogP contribution in [0, 0.1) is 0 Å². The molecule has 2 nitrogen and oxygen atoms in total. The fraction of sp³-hybridized carbons (Fsp3) is 0. The Morgan fingerprint density at radius 1 is 0.241 bits per heavy atom. The van der Waals surface area contributed by atoms with Crippen molar-refractivity contribution in [3.05, 3.63) is 206 Å². The molecule has 0 radical (unpaired) electrons. The monoisotopic (exact) mass is 686 g/mol. The minimum atomic E-state index is 1.13. The van der Waals surface area contributed by atoms with Gasteiger partial charge in [-0.05, 0) is 87.3 Å². The Balaban J connectivity index is 1.17. The lowest BCUT2D eigenvalue weighted by Gasteiger charge is -2.14. The first kappa shape index (κ1) is 30.5. The van der Waals surface area contributed by atoms with E-state index in [1.54, 1.807) is 0 Å². The summed E-state index contributed by atoms with van der Waals surface area (Å²) in [6.07, 6.45) is 0. The second-order valence-electron chi connectivity index (χ2n) is 14.1. The summed E-state index contributed by atoms with van der Waals surface area (Å²) in [4.78, 5) is 0. The van der Waals surface area contributed by atoms with Gasteiger partial charge in [0.25, 0.3) is 0 Å². The van der Waals surface area contributed by atoms with Gasteiger partial charge in [-0.3, -0.25) is 0 Å². The first-order valence-corrected chi connectivity index (χ1v) is 18.6. The van der Waals surface area contributed by atoms with Crippen molar-refractivity contribution in [2.45, 2.75) is 0 Å². The lowest BCUT2D eigenvalue weighted by atomic mass is 9.93. The van der Waals surface area contributed by atoms with Gasteiger partial charge in [-0.1, -0.05) is 158 Å². The highest BCUT2D eigenvalue weighted by Crippen LogP contribution is 2.43. The number of hydrogen-bond donors (Lipinski definition) is 0. The molecular formula is C52H34N2. The Morgan fingerprint density at radius 2 is 0.685 bits per heavy atom. The van der Waals surface area contributed by atoms with Gasteiger partial charge in [0.15, 0.2) is 0 Å². The van der Waals surface area contributed by atoms with E-state index >= 15 is 0 Å². The normalized spacial score (nSPS) is 11.7. The molecule has 0 amide bonds. The molecule has 2 heterocycles. The molecule has 0 spiro atoms. The van der Waals surface area contributed by atoms with Crippen LogP contribution in [0.1, 0.15) is 0 Å². The van der Waals surface area contributed by atoms with E-state index in [9.17, 15) is 0 Å². The van der Waals surface area contributed by atoms with E-state index < -0.39 is 0 Å². The van der Waals surface area contributed by atoms with E-state index in [1.165, 1.54) is 87.8 Å². The number of nitrogens with zero attached hydrogens (tertiary/aromatic N) is 2. The molecular weight excluding hydrogens is 653 g/mol. The van der Waals surface area contributed by atoms with Crippen molar-refractivity contribution >= 4 is 54.4 Å². The van der Waals surface area contributed by atoms with Crippen molar-refractivity contribution < 1.29 is 0 Å². The van der Waals surface area contributed by atoms with Crippen LogP contribution in [0.25, 0.3) is 99.1 Å². The van der Waals surface area contributed by atoms with E-state index in [0.29, 0.717) is 0 Å². The summed E-state index contributed by atoms with van der Waals surface area (Å²) in [6.45, 7) is 0. The fourth-order valence-electron chi connectivity index (χ4n) is 8.60. The van der Waals surface area contributed by atoms with Crippen LogP contribution in [0.4, 0.5) is 0 Å². The largest absolute Gasteiger partial charge is 0.307 e. The minimum absolute atomic E-state index is 1.13. The predicted molar refractivity (Wildman–Crippen MR) is 229 cm³/mol. The van der Waals surface area contributed by atoms with E-state index in [1.807, 2.05) is 0 Å². The molecule has 0 unspecified atom stereocenters. The molecule has 11 rings (SSSR count). The maximum atomic E-state index is 2.50. The first-order valence-electron chi connectivity index (χ1n) is 18.6. The van der Waals surface area contributed by atoms with Gasteiger partial charge in [-0.2, -0.15) is 0 Å². The molecule has 54 heavy (non-hydrogen) atoms. The molecule has 0 aliphatic heterocycles. The standard InChI is InChI=1S/C52H34N2/c1-4-14-35(15-5-1)39-32-40(36-16-6-2-7-17-36)34-41(33-39)37-24-27-43(28-25-37)53-49-23-13-12-22-45(49)46-30-31-48-47-29-26-38-18-10-11-21-44(38)50(47)54(52(48)51(46)53)42-19-8-3-9-20-42/h1-34H. The average molecular weight is 687 g/mol. The third kappa shape index (κ3) is 4.74. The quantitative estimate of drug-likeness (QED) is 0.171. The van der Waals surface area contributed by atoms with E-state index in [4.69, 9.17) is 0 Å². The molecule has 0 atom stereocenters. The molecule has 2 heteroatoms. The van der Waals surface area contributed by atoms with E-state index in [2.05, 4.69) is 215 Å². The summed E-state index contributed by atoms with van der Waals surface area (Å²) >= 11 is 0. The van der Waals surface area contributed by atoms with Crippen LogP contribution in [-0.4, -0.2) is 9.13 Å². The number of fused-ring (bicyclic) bond motifs is 9. The summed E-state index contributed by atoms with van der Waals surface area (Å²) < 4.78 is 4.98. The Kier molecular flexibility index (Phi) is 6.90. The number of rotatable bonds is 5. The number of para-hydroxylation sites is 2. The van der Waals surface area contributed by atoms with Crippen molar-refractivity contribution in [3.63, 3.8) is 0 Å². The van der Waals surface area contributed by atoms with Crippen LogP contribution in [-0.2, 0) is 0 Å². The zero-order valence-electron chi connectivity index (χ0n) is 29.5. The molecule has 0 saturated heterocycles. The Hall–Kier alpha value is -7.16. The van der Waals surface area contributed by atoms with Gasteiger partial charge in [-0.15, -0.1) is 0 Å². The van der Waals surface area contributed by atoms with Crippen LogP contribution >= 0.6 is 0 Å². The van der Waals surface area contributed by atoms with Gasteiger partial charge in [0.05, 0.1) is 22.1 Å². The summed E-state index contributed by atoms with van der Waals surface area (Å²) in [5.41, 5.74) is 14.4. The van der Waals surface area contributed by atoms with Crippen LogP contribution in [0.15, 0.2) is 206 Å². The van der Waals surface area contributed by atoms with Crippen LogP contribution in [0.2, 0.25) is 0 Å². The summed E-state index contributed by atoms with van der Waals surface area (Å²) in [7, 11) is 0. The Labute approximate surface area is 313 Å². The Bertz CT molecular complexity index is 3110. The van der Waals surface area contributed by atoms with E-state index in [-0.39, 0.29) is 0 Å². The van der Waals surface area contributed by atoms with Crippen molar-refractivity contribution in [1.82, 2.24) is 9.13 Å². The molecule has 11 aromatic rings. The van der Waals surface area contributed by atoms with Crippen molar-refractivity contribution in [2.24, 2.45) is 0 Å². The molecule has 2 aromatic heterocycles. The third-order valence-electron chi connectivity index (χ3n) is 11.1. The van der Waals surface area contributed by atoms with Crippen molar-refractivity contribution in [2.75, 3.05) is 0 Å². The minimum Gasteiger partial charge on any atom is -0.307 e. The lowest BCUT2D eigenvalue weighted by molar-refractivity contribution is 1.15. The zero-order valence-corrected chi connectivity index (χ0v) is 29.5. The molecule has 0 aliphatic carbocycles. The predicted octanol–water partition coefficient (Wildman–Crippen LogP) is 14.0. The average Bonchev–Trinajstić information content (AvgIpc) is 3.78. The first-order chi connectivity index (χ1) is 26.8. The van der Waals surface area contributed by atoms with Crippen LogP contribution in [0.3, 0.4) is 0 Å². The number of benzene rings is 9. The highest BCUT2D eigenvalue weighted by atomic mass is 15.0. The van der Waals surface area contributed by atoms with Crippen molar-refractivity contribution in [1.29, 1.82) is 0 Å². The fourth-order valence-corrected chi connectivity index (χ4v) is 8.60. The molecule has 0 bridgehead atoms. The smallest absolute Gasteiger partial charge is 0.0789 e. The van der Waals surface area contributed by atoms with Crippen molar-refractivity contribution in [3.8, 4) is 44.8 Å². The third-order valence-corrected chi connectivity index (χ3v) is 11.1. The number of aromatic nitrogens is 2. The van der Waals surface area contributed by atoms with Crippen LogP contribution < -0.4 is 0 Å². The number of hydrogen-bond acceptors (Lipinski definition) is 0.